The molecule has 1 aliphatic carbocycles. The fourth-order valence-corrected chi connectivity index (χ4v) is 2.43. The maximum absolute atomic E-state index is 11.3. The van der Waals surface area contributed by atoms with Crippen LogP contribution >= 0.6 is 0 Å². The Labute approximate surface area is 102 Å². The van der Waals surface area contributed by atoms with Gasteiger partial charge in [0.15, 0.2) is 5.82 Å². The zero-order valence-corrected chi connectivity index (χ0v) is 10.8. The number of ketones is 1. The van der Waals surface area contributed by atoms with E-state index in [0.29, 0.717) is 11.8 Å². The molecule has 3 unspecified atom stereocenters. The van der Waals surface area contributed by atoms with E-state index >= 15 is 0 Å². The summed E-state index contributed by atoms with van der Waals surface area (Å²) >= 11 is 0. The summed E-state index contributed by atoms with van der Waals surface area (Å²) in [5.41, 5.74) is 0. The first-order valence-electron chi connectivity index (χ1n) is 6.42. The molecule has 0 saturated heterocycles. The van der Waals surface area contributed by atoms with Gasteiger partial charge in [0.1, 0.15) is 5.78 Å². The van der Waals surface area contributed by atoms with Gasteiger partial charge in [-0.15, -0.1) is 0 Å². The molecule has 0 spiro atoms. The van der Waals surface area contributed by atoms with Gasteiger partial charge in [-0.1, -0.05) is 24.9 Å². The van der Waals surface area contributed by atoms with Gasteiger partial charge in [0.25, 0.3) is 0 Å². The third-order valence-electron chi connectivity index (χ3n) is 3.74. The summed E-state index contributed by atoms with van der Waals surface area (Å²) in [7, 11) is 0. The maximum Gasteiger partial charge on any atom is 0.236 e. The Kier molecular flexibility index (Phi) is 3.60. The predicted octanol–water partition coefficient (Wildman–Crippen LogP) is 3.06. The number of hydrogen-bond acceptors (Lipinski definition) is 4. The number of nitrogens with zero attached hydrogens (tertiary/aromatic N) is 2. The first kappa shape index (κ1) is 12.3. The lowest BCUT2D eigenvalue weighted by Gasteiger charge is -2.23. The smallest absolute Gasteiger partial charge is 0.236 e. The molecule has 2 rings (SSSR count). The lowest BCUT2D eigenvalue weighted by molar-refractivity contribution is -0.118. The van der Waals surface area contributed by atoms with Crippen LogP contribution in [0.5, 0.6) is 0 Å². The van der Waals surface area contributed by atoms with E-state index in [1.165, 1.54) is 12.8 Å². The molecule has 0 radical (unpaired) electrons. The Bertz CT molecular complexity index is 400. The van der Waals surface area contributed by atoms with Crippen LogP contribution in [0.3, 0.4) is 0 Å². The minimum absolute atomic E-state index is 0.0669. The lowest BCUT2D eigenvalue weighted by Crippen LogP contribution is -2.13. The average molecular weight is 236 g/mol. The quantitative estimate of drug-likeness (QED) is 0.809. The molecule has 1 aromatic heterocycles. The molecule has 0 bridgehead atoms. The first-order valence-corrected chi connectivity index (χ1v) is 6.42. The van der Waals surface area contributed by atoms with Gasteiger partial charge in [0.05, 0.1) is 5.92 Å². The van der Waals surface area contributed by atoms with E-state index in [-0.39, 0.29) is 11.7 Å². The molecule has 1 aliphatic rings. The third kappa shape index (κ3) is 2.73. The van der Waals surface area contributed by atoms with Crippen LogP contribution in [0.2, 0.25) is 0 Å². The van der Waals surface area contributed by atoms with Crippen molar-refractivity contribution in [1.82, 2.24) is 10.1 Å². The van der Waals surface area contributed by atoms with Crippen molar-refractivity contribution in [3.05, 3.63) is 11.7 Å². The second-order valence-electron chi connectivity index (χ2n) is 5.29. The van der Waals surface area contributed by atoms with E-state index in [2.05, 4.69) is 17.1 Å². The highest BCUT2D eigenvalue weighted by Gasteiger charge is 2.26. The third-order valence-corrected chi connectivity index (χ3v) is 3.74. The van der Waals surface area contributed by atoms with Crippen molar-refractivity contribution in [2.45, 2.75) is 58.3 Å². The van der Waals surface area contributed by atoms with E-state index in [1.807, 2.05) is 6.92 Å². The minimum Gasteiger partial charge on any atom is -0.339 e. The SMILES string of the molecule is CC(=O)C(C)c1nc(C2CCCC(C)C2)no1. The highest BCUT2D eigenvalue weighted by molar-refractivity contribution is 5.81. The van der Waals surface area contributed by atoms with Gasteiger partial charge in [-0.05, 0) is 32.6 Å². The molecule has 1 aromatic rings. The van der Waals surface area contributed by atoms with E-state index < -0.39 is 0 Å². The van der Waals surface area contributed by atoms with Crippen LogP contribution in [0, 0.1) is 5.92 Å². The van der Waals surface area contributed by atoms with Gasteiger partial charge < -0.3 is 4.52 Å². The van der Waals surface area contributed by atoms with Gasteiger partial charge in [-0.25, -0.2) is 0 Å². The fourth-order valence-electron chi connectivity index (χ4n) is 2.43. The van der Waals surface area contributed by atoms with Crippen molar-refractivity contribution in [2.75, 3.05) is 0 Å². The van der Waals surface area contributed by atoms with Gasteiger partial charge in [-0.3, -0.25) is 4.79 Å². The Morgan fingerprint density at radius 3 is 2.88 bits per heavy atom. The standard InChI is InChI=1S/C13H20N2O2/c1-8-5-4-6-11(7-8)12-14-13(17-15-12)9(2)10(3)16/h8-9,11H,4-7H2,1-3H3. The van der Waals surface area contributed by atoms with Gasteiger partial charge in [0, 0.05) is 5.92 Å². The Morgan fingerprint density at radius 2 is 2.24 bits per heavy atom. The van der Waals surface area contributed by atoms with Crippen LogP contribution in [-0.2, 0) is 4.79 Å². The number of aromatic nitrogens is 2. The zero-order valence-electron chi connectivity index (χ0n) is 10.8. The summed E-state index contributed by atoms with van der Waals surface area (Å²) in [6.07, 6.45) is 4.80. The Balaban J connectivity index is 2.09. The molecule has 0 aliphatic heterocycles. The van der Waals surface area contributed by atoms with Crippen molar-refractivity contribution < 1.29 is 9.32 Å². The number of carbonyl (C=O) groups is 1. The molecule has 0 aromatic carbocycles. The molecule has 4 nitrogen and oxygen atoms in total. The van der Waals surface area contributed by atoms with Crippen LogP contribution in [0.1, 0.15) is 70.0 Å². The van der Waals surface area contributed by atoms with Gasteiger partial charge in [-0.2, -0.15) is 4.98 Å². The van der Waals surface area contributed by atoms with Crippen LogP contribution in [0.4, 0.5) is 0 Å². The van der Waals surface area contributed by atoms with Gasteiger partial charge >= 0.3 is 0 Å². The highest BCUT2D eigenvalue weighted by atomic mass is 16.5. The lowest BCUT2D eigenvalue weighted by atomic mass is 9.82. The molecule has 4 heteroatoms. The van der Waals surface area contributed by atoms with Crippen molar-refractivity contribution in [1.29, 1.82) is 0 Å². The zero-order chi connectivity index (χ0) is 12.4. The topological polar surface area (TPSA) is 56.0 Å². The Morgan fingerprint density at radius 1 is 1.47 bits per heavy atom. The first-order chi connectivity index (χ1) is 8.08. The van der Waals surface area contributed by atoms with Crippen molar-refractivity contribution >= 4 is 5.78 Å². The fraction of sp³-hybridized carbons (Fsp3) is 0.769. The monoisotopic (exact) mass is 236 g/mol. The largest absolute Gasteiger partial charge is 0.339 e. The van der Waals surface area contributed by atoms with E-state index in [0.717, 1.165) is 24.6 Å². The van der Waals surface area contributed by atoms with Crippen LogP contribution in [0.15, 0.2) is 4.52 Å². The average Bonchev–Trinajstić information content (AvgIpc) is 2.77. The molecule has 3 atom stereocenters. The van der Waals surface area contributed by atoms with Crippen LogP contribution in [0.25, 0.3) is 0 Å². The molecular weight excluding hydrogens is 216 g/mol. The summed E-state index contributed by atoms with van der Waals surface area (Å²) < 4.78 is 5.19. The predicted molar refractivity (Wildman–Crippen MR) is 63.8 cm³/mol. The van der Waals surface area contributed by atoms with E-state index in [1.54, 1.807) is 6.92 Å². The Hall–Kier alpha value is -1.19. The normalized spacial score (nSPS) is 26.8. The van der Waals surface area contributed by atoms with Crippen molar-refractivity contribution in [2.24, 2.45) is 5.92 Å². The molecule has 17 heavy (non-hydrogen) atoms. The molecule has 0 amide bonds. The maximum atomic E-state index is 11.3. The molecular formula is C13H20N2O2. The van der Waals surface area contributed by atoms with Crippen LogP contribution < -0.4 is 0 Å². The van der Waals surface area contributed by atoms with E-state index in [4.69, 9.17) is 4.52 Å². The molecule has 1 saturated carbocycles. The molecule has 1 fully saturated rings. The van der Waals surface area contributed by atoms with Crippen molar-refractivity contribution in [3.8, 4) is 0 Å². The summed E-state index contributed by atoms with van der Waals surface area (Å²) in [5.74, 6) is 2.19. The molecule has 94 valence electrons. The summed E-state index contributed by atoms with van der Waals surface area (Å²) in [6.45, 7) is 5.63. The van der Waals surface area contributed by atoms with Crippen LogP contribution in [-0.4, -0.2) is 15.9 Å². The summed E-state index contributed by atoms with van der Waals surface area (Å²) in [6, 6.07) is 0. The second kappa shape index (κ2) is 4.98. The number of Topliss-reactive ketones (excluding diaryl/α,β-unsaturated/α-hetero) is 1. The van der Waals surface area contributed by atoms with Gasteiger partial charge in [0.2, 0.25) is 5.89 Å². The summed E-state index contributed by atoms with van der Waals surface area (Å²) in [4.78, 5) is 15.6. The summed E-state index contributed by atoms with van der Waals surface area (Å²) in [5, 5.41) is 4.04. The van der Waals surface area contributed by atoms with Crippen molar-refractivity contribution in [3.63, 3.8) is 0 Å². The molecule has 0 N–H and O–H groups in total. The number of hydrogen-bond donors (Lipinski definition) is 0. The highest BCUT2D eigenvalue weighted by Crippen LogP contribution is 2.34. The number of rotatable bonds is 3. The van der Waals surface area contributed by atoms with E-state index in [9.17, 15) is 4.79 Å². The second-order valence-corrected chi connectivity index (χ2v) is 5.29. The minimum atomic E-state index is -0.280. The number of carbonyl (C=O) groups excluding carboxylic acids is 1. The molecule has 1 heterocycles.